The molecule has 22 heavy (non-hydrogen) atoms. The molecule has 112 valence electrons. The molecule has 3 aromatic heterocycles. The number of amides is 1. The van der Waals surface area contributed by atoms with E-state index < -0.39 is 5.91 Å². The maximum absolute atomic E-state index is 12.0. The van der Waals surface area contributed by atoms with E-state index in [0.29, 0.717) is 17.2 Å². The minimum absolute atomic E-state index is 0.0831. The predicted octanol–water partition coefficient (Wildman–Crippen LogP) is 1.56. The fourth-order valence-corrected chi connectivity index (χ4v) is 1.97. The maximum atomic E-state index is 12.0. The van der Waals surface area contributed by atoms with E-state index in [9.17, 15) is 9.59 Å². The van der Waals surface area contributed by atoms with Gasteiger partial charge in [-0.25, -0.2) is 0 Å². The van der Waals surface area contributed by atoms with Crippen molar-refractivity contribution in [1.82, 2.24) is 15.0 Å². The first-order chi connectivity index (χ1) is 10.6. The molecule has 0 aliphatic rings. The van der Waals surface area contributed by atoms with Gasteiger partial charge in [0.15, 0.2) is 5.76 Å². The Balaban J connectivity index is 1.69. The van der Waals surface area contributed by atoms with E-state index in [0.717, 1.165) is 0 Å². The molecular weight excluding hydrogens is 286 g/mol. The third-order valence-electron chi connectivity index (χ3n) is 3.12. The number of pyridine rings is 1. The van der Waals surface area contributed by atoms with Gasteiger partial charge in [0.05, 0.1) is 12.8 Å². The van der Waals surface area contributed by atoms with Crippen LogP contribution in [0.15, 0.2) is 56.5 Å². The summed E-state index contributed by atoms with van der Waals surface area (Å²) in [5.41, 5.74) is 0.267. The fourth-order valence-electron chi connectivity index (χ4n) is 1.97. The summed E-state index contributed by atoms with van der Waals surface area (Å²) in [5, 5.41) is 6.48. The highest BCUT2D eigenvalue weighted by Crippen LogP contribution is 2.20. The molecule has 7 nitrogen and oxygen atoms in total. The van der Waals surface area contributed by atoms with Gasteiger partial charge in [0.2, 0.25) is 5.76 Å². The van der Waals surface area contributed by atoms with Gasteiger partial charge < -0.3 is 18.8 Å². The summed E-state index contributed by atoms with van der Waals surface area (Å²) >= 11 is 0. The molecule has 0 saturated heterocycles. The van der Waals surface area contributed by atoms with Crippen molar-refractivity contribution in [2.75, 3.05) is 0 Å². The van der Waals surface area contributed by atoms with Crippen LogP contribution in [0.2, 0.25) is 0 Å². The molecule has 1 amide bonds. The highest BCUT2D eigenvalue weighted by atomic mass is 16.5. The SMILES string of the molecule is Cn1cccc(C(=O)NCc2cc(-c3ccco3)on2)c1=O. The number of carbonyl (C=O) groups is 1. The Bertz CT molecular complexity index is 846. The first kappa shape index (κ1) is 13.9. The average Bonchev–Trinajstić information content (AvgIpc) is 3.18. The Morgan fingerprint density at radius 1 is 1.32 bits per heavy atom. The van der Waals surface area contributed by atoms with Crippen LogP contribution in [-0.4, -0.2) is 15.6 Å². The molecule has 3 aromatic rings. The molecular formula is C15H13N3O4. The third-order valence-corrected chi connectivity index (χ3v) is 3.12. The summed E-state index contributed by atoms with van der Waals surface area (Å²) < 4.78 is 11.7. The van der Waals surface area contributed by atoms with Crippen molar-refractivity contribution in [2.24, 2.45) is 7.05 Å². The highest BCUT2D eigenvalue weighted by molar-refractivity contribution is 5.93. The molecule has 0 atom stereocenters. The van der Waals surface area contributed by atoms with Gasteiger partial charge in [-0.15, -0.1) is 0 Å². The lowest BCUT2D eigenvalue weighted by molar-refractivity contribution is 0.0948. The van der Waals surface area contributed by atoms with E-state index in [1.54, 1.807) is 37.5 Å². The van der Waals surface area contributed by atoms with Crippen LogP contribution in [0.25, 0.3) is 11.5 Å². The van der Waals surface area contributed by atoms with Crippen LogP contribution in [0.4, 0.5) is 0 Å². The van der Waals surface area contributed by atoms with E-state index in [-0.39, 0.29) is 17.7 Å². The molecule has 0 aliphatic carbocycles. The van der Waals surface area contributed by atoms with Crippen LogP contribution < -0.4 is 10.9 Å². The first-order valence-electron chi connectivity index (χ1n) is 6.58. The number of aromatic nitrogens is 2. The standard InChI is InChI=1S/C15H13N3O4/c1-18-6-2-4-11(15(18)20)14(19)16-9-10-8-13(22-17-10)12-5-3-7-21-12/h2-8H,9H2,1H3,(H,16,19). The molecule has 0 radical (unpaired) electrons. The van der Waals surface area contributed by atoms with E-state index in [1.807, 2.05) is 0 Å². The molecule has 0 aromatic carbocycles. The maximum Gasteiger partial charge on any atom is 0.263 e. The predicted molar refractivity (Wildman–Crippen MR) is 77.1 cm³/mol. The molecule has 0 fully saturated rings. The first-order valence-corrected chi connectivity index (χ1v) is 6.58. The van der Waals surface area contributed by atoms with E-state index in [4.69, 9.17) is 8.94 Å². The number of hydrogen-bond donors (Lipinski definition) is 1. The van der Waals surface area contributed by atoms with Crippen LogP contribution in [0, 0.1) is 0 Å². The molecule has 3 rings (SSSR count). The van der Waals surface area contributed by atoms with E-state index >= 15 is 0 Å². The summed E-state index contributed by atoms with van der Waals surface area (Å²) in [4.78, 5) is 23.9. The number of carbonyl (C=O) groups excluding carboxylic acids is 1. The Labute approximate surface area is 125 Å². The molecule has 1 N–H and O–H groups in total. The Kier molecular flexibility index (Phi) is 3.61. The second-order valence-electron chi connectivity index (χ2n) is 4.68. The fraction of sp³-hybridized carbons (Fsp3) is 0.133. The molecule has 0 unspecified atom stereocenters. The van der Waals surface area contributed by atoms with Crippen LogP contribution in [0.3, 0.4) is 0 Å². The molecule has 0 aliphatic heterocycles. The number of nitrogens with one attached hydrogen (secondary N) is 1. The zero-order valence-corrected chi connectivity index (χ0v) is 11.8. The van der Waals surface area contributed by atoms with E-state index in [2.05, 4.69) is 10.5 Å². The van der Waals surface area contributed by atoms with Crippen molar-refractivity contribution in [2.45, 2.75) is 6.54 Å². The zero-order valence-electron chi connectivity index (χ0n) is 11.8. The summed E-state index contributed by atoms with van der Waals surface area (Å²) in [6.07, 6.45) is 3.12. The van der Waals surface area contributed by atoms with Crippen molar-refractivity contribution in [3.63, 3.8) is 0 Å². The summed E-state index contributed by atoms with van der Waals surface area (Å²) in [7, 11) is 1.59. The van der Waals surface area contributed by atoms with Crippen LogP contribution in [-0.2, 0) is 13.6 Å². The topological polar surface area (TPSA) is 90.3 Å². The van der Waals surface area contributed by atoms with Gasteiger partial charge in [0.25, 0.3) is 11.5 Å². The van der Waals surface area contributed by atoms with Crippen LogP contribution in [0.5, 0.6) is 0 Å². The van der Waals surface area contributed by atoms with Gasteiger partial charge in [-0.2, -0.15) is 0 Å². The summed E-state index contributed by atoms with van der Waals surface area (Å²) in [5.74, 6) is 0.579. The number of rotatable bonds is 4. The van der Waals surface area contributed by atoms with Gasteiger partial charge in [-0.3, -0.25) is 9.59 Å². The Hall–Kier alpha value is -3.09. The smallest absolute Gasteiger partial charge is 0.263 e. The van der Waals surface area contributed by atoms with E-state index in [1.165, 1.54) is 16.9 Å². The summed E-state index contributed by atoms with van der Waals surface area (Å²) in [6.45, 7) is 0.154. The molecule has 0 bridgehead atoms. The number of nitrogens with zero attached hydrogens (tertiary/aromatic N) is 2. The lowest BCUT2D eigenvalue weighted by atomic mass is 10.2. The minimum atomic E-state index is -0.455. The molecule has 0 spiro atoms. The summed E-state index contributed by atoms with van der Waals surface area (Å²) in [6, 6.07) is 8.28. The highest BCUT2D eigenvalue weighted by Gasteiger charge is 2.13. The molecule has 3 heterocycles. The Morgan fingerprint density at radius 3 is 2.95 bits per heavy atom. The van der Waals surface area contributed by atoms with Gasteiger partial charge >= 0.3 is 0 Å². The number of aryl methyl sites for hydroxylation is 1. The second-order valence-corrected chi connectivity index (χ2v) is 4.68. The monoisotopic (exact) mass is 299 g/mol. The zero-order chi connectivity index (χ0) is 15.5. The molecule has 0 saturated carbocycles. The minimum Gasteiger partial charge on any atom is -0.461 e. The van der Waals surface area contributed by atoms with Crippen molar-refractivity contribution >= 4 is 5.91 Å². The van der Waals surface area contributed by atoms with Crippen LogP contribution in [0.1, 0.15) is 16.1 Å². The number of furan rings is 1. The second kappa shape index (κ2) is 5.72. The van der Waals surface area contributed by atoms with Crippen molar-refractivity contribution in [3.8, 4) is 11.5 Å². The normalized spacial score (nSPS) is 10.6. The largest absolute Gasteiger partial charge is 0.461 e. The van der Waals surface area contributed by atoms with Gasteiger partial charge in [-0.1, -0.05) is 5.16 Å². The lowest BCUT2D eigenvalue weighted by Crippen LogP contribution is -2.31. The molecule has 7 heteroatoms. The average molecular weight is 299 g/mol. The van der Waals surface area contributed by atoms with Crippen molar-refractivity contribution in [1.29, 1.82) is 0 Å². The van der Waals surface area contributed by atoms with Crippen molar-refractivity contribution < 1.29 is 13.7 Å². The van der Waals surface area contributed by atoms with Gasteiger partial charge in [0, 0.05) is 19.3 Å². The lowest BCUT2D eigenvalue weighted by Gasteiger charge is -2.03. The number of hydrogen-bond acceptors (Lipinski definition) is 5. The quantitative estimate of drug-likeness (QED) is 0.789. The van der Waals surface area contributed by atoms with Gasteiger partial charge in [-0.05, 0) is 24.3 Å². The van der Waals surface area contributed by atoms with Crippen LogP contribution >= 0.6 is 0 Å². The van der Waals surface area contributed by atoms with Gasteiger partial charge in [0.1, 0.15) is 11.3 Å². The third kappa shape index (κ3) is 2.69. The Morgan fingerprint density at radius 2 is 2.18 bits per heavy atom. The van der Waals surface area contributed by atoms with Crippen molar-refractivity contribution in [3.05, 3.63) is 64.4 Å².